The van der Waals surface area contributed by atoms with Gasteiger partial charge >= 0.3 is 0 Å². The van der Waals surface area contributed by atoms with Crippen LogP contribution in [0.4, 0.5) is 5.69 Å². The summed E-state index contributed by atoms with van der Waals surface area (Å²) in [7, 11) is 0. The topological polar surface area (TPSA) is 27.0 Å². The number of anilines is 1. The molecular weight excluding hydrogens is 276 g/mol. The summed E-state index contributed by atoms with van der Waals surface area (Å²) in [6.45, 7) is 6.30. The summed E-state index contributed by atoms with van der Waals surface area (Å²) in [5.41, 5.74) is 1.32. The van der Waals surface area contributed by atoms with Crippen LogP contribution in [-0.2, 0) is 0 Å². The summed E-state index contributed by atoms with van der Waals surface area (Å²) in [5.74, 6) is 0.175. The number of piperidine rings is 1. The second-order valence-corrected chi connectivity index (χ2v) is 6.27. The van der Waals surface area contributed by atoms with Crippen molar-refractivity contribution in [2.75, 3.05) is 18.0 Å². The van der Waals surface area contributed by atoms with Gasteiger partial charge in [-0.05, 0) is 36.1 Å². The first-order chi connectivity index (χ1) is 8.03. The van der Waals surface area contributed by atoms with Crippen molar-refractivity contribution in [2.24, 2.45) is 11.3 Å². The minimum Gasteiger partial charge on any atom is -0.371 e. The molecule has 0 radical (unpaired) electrons. The Hall–Kier alpha value is -1.01. The molecule has 0 aromatic heterocycles. The average Bonchev–Trinajstić information content (AvgIpc) is 2.28. The summed E-state index contributed by atoms with van der Waals surface area (Å²) in [6, 6.07) is 10.8. The van der Waals surface area contributed by atoms with E-state index < -0.39 is 0 Å². The zero-order valence-corrected chi connectivity index (χ0v) is 11.9. The van der Waals surface area contributed by atoms with Gasteiger partial charge in [0.25, 0.3) is 0 Å². The van der Waals surface area contributed by atoms with Gasteiger partial charge in [0.1, 0.15) is 0 Å². The maximum absolute atomic E-state index is 9.15. The number of nitrogens with zero attached hydrogens (tertiary/aromatic N) is 2. The van der Waals surface area contributed by atoms with Gasteiger partial charge in [-0.15, -0.1) is 0 Å². The van der Waals surface area contributed by atoms with Gasteiger partial charge in [-0.2, -0.15) is 5.26 Å². The van der Waals surface area contributed by atoms with Crippen molar-refractivity contribution in [3.8, 4) is 6.07 Å². The van der Waals surface area contributed by atoms with Gasteiger partial charge in [0.2, 0.25) is 0 Å². The zero-order chi connectivity index (χ0) is 12.5. The molecule has 1 aromatic rings. The average molecular weight is 293 g/mol. The number of rotatable bonds is 1. The van der Waals surface area contributed by atoms with E-state index in [-0.39, 0.29) is 11.3 Å². The quantitative estimate of drug-likeness (QED) is 0.787. The Kier molecular flexibility index (Phi) is 3.44. The van der Waals surface area contributed by atoms with Crippen molar-refractivity contribution in [1.29, 1.82) is 5.26 Å². The van der Waals surface area contributed by atoms with E-state index in [1.807, 2.05) is 0 Å². The number of nitriles is 1. The van der Waals surface area contributed by atoms with Gasteiger partial charge in [-0.1, -0.05) is 29.8 Å². The number of benzene rings is 1. The highest BCUT2D eigenvalue weighted by atomic mass is 79.9. The predicted octanol–water partition coefficient (Wildman–Crippen LogP) is 3.83. The summed E-state index contributed by atoms with van der Waals surface area (Å²) < 4.78 is 1.10. The van der Waals surface area contributed by atoms with E-state index in [1.54, 1.807) is 0 Å². The van der Waals surface area contributed by atoms with Gasteiger partial charge in [-0.3, -0.25) is 0 Å². The summed E-state index contributed by atoms with van der Waals surface area (Å²) >= 11 is 3.45. The SMILES string of the molecule is CC1(C)CN(c2ccc(Br)cc2)CCC1C#N. The van der Waals surface area contributed by atoms with Crippen LogP contribution in [0, 0.1) is 22.7 Å². The third kappa shape index (κ3) is 2.63. The molecule has 1 atom stereocenters. The van der Waals surface area contributed by atoms with Crippen LogP contribution >= 0.6 is 15.9 Å². The van der Waals surface area contributed by atoms with Crippen LogP contribution in [0.1, 0.15) is 20.3 Å². The monoisotopic (exact) mass is 292 g/mol. The Morgan fingerprint density at radius 3 is 2.53 bits per heavy atom. The van der Waals surface area contributed by atoms with Crippen LogP contribution in [0.5, 0.6) is 0 Å². The van der Waals surface area contributed by atoms with Crippen molar-refractivity contribution < 1.29 is 0 Å². The molecule has 0 bridgehead atoms. The third-order valence-electron chi connectivity index (χ3n) is 3.58. The van der Waals surface area contributed by atoms with E-state index in [1.165, 1.54) is 5.69 Å². The van der Waals surface area contributed by atoms with Gasteiger partial charge in [0.05, 0.1) is 12.0 Å². The molecule has 1 aliphatic rings. The highest BCUT2D eigenvalue weighted by Gasteiger charge is 2.35. The van der Waals surface area contributed by atoms with Crippen molar-refractivity contribution in [2.45, 2.75) is 20.3 Å². The minimum atomic E-state index is 0.0695. The molecule has 2 rings (SSSR count). The van der Waals surface area contributed by atoms with Crippen molar-refractivity contribution in [3.05, 3.63) is 28.7 Å². The number of halogens is 1. The minimum absolute atomic E-state index is 0.0695. The van der Waals surface area contributed by atoms with Crippen LogP contribution in [0.2, 0.25) is 0 Å². The van der Waals surface area contributed by atoms with Crippen LogP contribution in [0.3, 0.4) is 0 Å². The number of hydrogen-bond acceptors (Lipinski definition) is 2. The van der Waals surface area contributed by atoms with Gasteiger partial charge in [0, 0.05) is 23.2 Å². The van der Waals surface area contributed by atoms with E-state index in [0.717, 1.165) is 24.0 Å². The van der Waals surface area contributed by atoms with Crippen LogP contribution < -0.4 is 4.90 Å². The van der Waals surface area contributed by atoms with E-state index in [0.29, 0.717) is 0 Å². The van der Waals surface area contributed by atoms with E-state index in [2.05, 4.69) is 65.0 Å². The third-order valence-corrected chi connectivity index (χ3v) is 4.11. The van der Waals surface area contributed by atoms with E-state index in [4.69, 9.17) is 5.26 Å². The van der Waals surface area contributed by atoms with Crippen LogP contribution in [0.25, 0.3) is 0 Å². The van der Waals surface area contributed by atoms with Crippen molar-refractivity contribution >= 4 is 21.6 Å². The highest BCUT2D eigenvalue weighted by molar-refractivity contribution is 9.10. The summed E-state index contributed by atoms with van der Waals surface area (Å²) in [5, 5.41) is 9.15. The molecule has 1 unspecified atom stereocenters. The molecule has 0 amide bonds. The lowest BCUT2D eigenvalue weighted by Crippen LogP contribution is -2.45. The zero-order valence-electron chi connectivity index (χ0n) is 10.3. The molecule has 1 fully saturated rings. The molecule has 2 nitrogen and oxygen atoms in total. The standard InChI is InChI=1S/C14H17BrN2/c1-14(2)10-17(8-7-11(14)9-16)13-5-3-12(15)4-6-13/h3-6,11H,7-8,10H2,1-2H3. The lowest BCUT2D eigenvalue weighted by Gasteiger charge is -2.42. The molecule has 0 saturated carbocycles. The maximum Gasteiger partial charge on any atom is 0.0662 e. The lowest BCUT2D eigenvalue weighted by molar-refractivity contribution is 0.226. The van der Waals surface area contributed by atoms with Crippen LogP contribution in [0.15, 0.2) is 28.7 Å². The molecular formula is C14H17BrN2. The summed E-state index contributed by atoms with van der Waals surface area (Å²) in [6.07, 6.45) is 0.958. The molecule has 17 heavy (non-hydrogen) atoms. The first-order valence-electron chi connectivity index (χ1n) is 5.93. The first kappa shape index (κ1) is 12.4. The highest BCUT2D eigenvalue weighted by Crippen LogP contribution is 2.36. The Balaban J connectivity index is 2.16. The maximum atomic E-state index is 9.15. The van der Waals surface area contributed by atoms with Gasteiger partial charge in [0.15, 0.2) is 0 Å². The Labute approximate surface area is 111 Å². The Bertz CT molecular complexity index is 431. The Morgan fingerprint density at radius 1 is 1.35 bits per heavy atom. The van der Waals surface area contributed by atoms with E-state index >= 15 is 0 Å². The molecule has 1 aliphatic heterocycles. The Morgan fingerprint density at radius 2 is 2.00 bits per heavy atom. The smallest absolute Gasteiger partial charge is 0.0662 e. The second-order valence-electron chi connectivity index (χ2n) is 5.36. The second kappa shape index (κ2) is 4.70. The summed E-state index contributed by atoms with van der Waals surface area (Å²) in [4.78, 5) is 2.38. The lowest BCUT2D eigenvalue weighted by atomic mass is 9.74. The fourth-order valence-electron chi connectivity index (χ4n) is 2.47. The fourth-order valence-corrected chi connectivity index (χ4v) is 2.73. The molecule has 1 aromatic carbocycles. The van der Waals surface area contributed by atoms with Crippen LogP contribution in [-0.4, -0.2) is 13.1 Å². The normalized spacial score (nSPS) is 23.2. The molecule has 90 valence electrons. The largest absolute Gasteiger partial charge is 0.371 e. The molecule has 0 spiro atoms. The molecule has 1 saturated heterocycles. The first-order valence-corrected chi connectivity index (χ1v) is 6.72. The molecule has 0 N–H and O–H groups in total. The van der Waals surface area contributed by atoms with Gasteiger partial charge in [-0.25, -0.2) is 0 Å². The fraction of sp³-hybridized carbons (Fsp3) is 0.500. The molecule has 0 aliphatic carbocycles. The van der Waals surface area contributed by atoms with E-state index in [9.17, 15) is 0 Å². The van der Waals surface area contributed by atoms with Crippen molar-refractivity contribution in [3.63, 3.8) is 0 Å². The van der Waals surface area contributed by atoms with Gasteiger partial charge < -0.3 is 4.90 Å². The van der Waals surface area contributed by atoms with Crippen molar-refractivity contribution in [1.82, 2.24) is 0 Å². The number of hydrogen-bond donors (Lipinski definition) is 0. The predicted molar refractivity (Wildman–Crippen MR) is 73.9 cm³/mol. The molecule has 3 heteroatoms. The molecule has 1 heterocycles.